The predicted octanol–water partition coefficient (Wildman–Crippen LogP) is 14.3. The number of hydrogen-bond donors (Lipinski definition) is 0. The van der Waals surface area contributed by atoms with Crippen molar-refractivity contribution in [2.75, 3.05) is 0 Å². The summed E-state index contributed by atoms with van der Waals surface area (Å²) in [6.07, 6.45) is 0. The number of rotatable bonds is 5. The van der Waals surface area contributed by atoms with Crippen molar-refractivity contribution < 1.29 is 8.83 Å². The van der Waals surface area contributed by atoms with E-state index in [1.165, 1.54) is 16.2 Å². The van der Waals surface area contributed by atoms with E-state index in [0.717, 1.165) is 88.2 Å². The Morgan fingerprint density at radius 3 is 1.26 bits per heavy atom. The summed E-state index contributed by atoms with van der Waals surface area (Å²) in [6, 6.07) is 65.2. The lowest BCUT2D eigenvalue weighted by Gasteiger charge is -2.11. The number of aromatic nitrogens is 3. The SMILES string of the molecule is c1ccc2c(c1)ccc1cc(-c3nc(-c4ccc(-c5cccc6oc7ccccc7c56)cc4)nc(-c4ccc(-c5cccc6oc7ccccc7c56)cc4)n3)ccc12. The van der Waals surface area contributed by atoms with Gasteiger partial charge in [0, 0.05) is 38.2 Å². The summed E-state index contributed by atoms with van der Waals surface area (Å²) in [5.74, 6) is 1.83. The molecule has 0 fully saturated rings. The second kappa shape index (κ2) is 12.8. The van der Waals surface area contributed by atoms with E-state index in [2.05, 4.69) is 140 Å². The van der Waals surface area contributed by atoms with Crippen LogP contribution in [0.25, 0.3) is 122 Å². The average molecular weight is 742 g/mol. The smallest absolute Gasteiger partial charge is 0.164 e. The standard InChI is InChI=1S/C53H31N3O2/c1-2-10-39-32(9-1)23-28-37-31-38(29-30-40(37)39)53-55-51(35-24-19-33(20-25-35)41-13-7-17-47-49(41)43-11-3-5-15-45(43)57-47)54-52(56-53)36-26-21-34(22-27-36)42-14-8-18-48-50(42)44-12-4-6-16-46(44)58-48/h1-31H. The maximum atomic E-state index is 6.20. The minimum atomic E-state index is 0.607. The Kier molecular flexibility index (Phi) is 7.16. The van der Waals surface area contributed by atoms with Crippen LogP contribution in [0.2, 0.25) is 0 Å². The van der Waals surface area contributed by atoms with Crippen molar-refractivity contribution in [3.63, 3.8) is 0 Å². The molecule has 0 aliphatic heterocycles. The molecule has 5 nitrogen and oxygen atoms in total. The first-order chi connectivity index (χ1) is 28.7. The zero-order valence-electron chi connectivity index (χ0n) is 31.1. The molecule has 0 N–H and O–H groups in total. The Bertz CT molecular complexity index is 3390. The van der Waals surface area contributed by atoms with E-state index >= 15 is 0 Å². The van der Waals surface area contributed by atoms with Gasteiger partial charge in [0.05, 0.1) is 0 Å². The highest BCUT2D eigenvalue weighted by atomic mass is 16.3. The maximum Gasteiger partial charge on any atom is 0.164 e. The molecule has 9 aromatic carbocycles. The first-order valence-electron chi connectivity index (χ1n) is 19.4. The van der Waals surface area contributed by atoms with Crippen LogP contribution in [0.1, 0.15) is 0 Å². The summed E-state index contributed by atoms with van der Waals surface area (Å²) in [7, 11) is 0. The monoisotopic (exact) mass is 741 g/mol. The number of fused-ring (bicyclic) bond motifs is 9. The first-order valence-corrected chi connectivity index (χ1v) is 19.4. The molecule has 270 valence electrons. The quantitative estimate of drug-likeness (QED) is 0.164. The van der Waals surface area contributed by atoms with Crippen molar-refractivity contribution in [3.05, 3.63) is 188 Å². The summed E-state index contributed by atoms with van der Waals surface area (Å²) in [5.41, 5.74) is 10.7. The van der Waals surface area contributed by atoms with E-state index in [1.807, 2.05) is 48.5 Å². The molecule has 0 saturated heterocycles. The van der Waals surface area contributed by atoms with Crippen LogP contribution < -0.4 is 0 Å². The van der Waals surface area contributed by atoms with Gasteiger partial charge in [-0.15, -0.1) is 0 Å². The van der Waals surface area contributed by atoms with Crippen molar-refractivity contribution in [2.45, 2.75) is 0 Å². The molecule has 0 amide bonds. The van der Waals surface area contributed by atoms with E-state index in [-0.39, 0.29) is 0 Å². The van der Waals surface area contributed by atoms with Crippen LogP contribution in [0.3, 0.4) is 0 Å². The lowest BCUT2D eigenvalue weighted by atomic mass is 9.98. The van der Waals surface area contributed by atoms with Gasteiger partial charge in [-0.1, -0.05) is 158 Å². The predicted molar refractivity (Wildman–Crippen MR) is 237 cm³/mol. The van der Waals surface area contributed by atoms with Crippen molar-refractivity contribution in [3.8, 4) is 56.4 Å². The van der Waals surface area contributed by atoms with E-state index in [9.17, 15) is 0 Å². The Morgan fingerprint density at radius 1 is 0.276 bits per heavy atom. The minimum Gasteiger partial charge on any atom is -0.456 e. The molecular weight excluding hydrogens is 711 g/mol. The van der Waals surface area contributed by atoms with E-state index in [1.54, 1.807) is 0 Å². The van der Waals surface area contributed by atoms with Crippen LogP contribution in [0.15, 0.2) is 197 Å². The first kappa shape index (κ1) is 32.4. The third-order valence-electron chi connectivity index (χ3n) is 11.4. The Labute approximate surface area is 332 Å². The summed E-state index contributed by atoms with van der Waals surface area (Å²) in [4.78, 5) is 15.4. The van der Waals surface area contributed by atoms with Gasteiger partial charge in [0.2, 0.25) is 0 Å². The average Bonchev–Trinajstić information content (AvgIpc) is 3.88. The molecule has 0 bridgehead atoms. The fourth-order valence-corrected chi connectivity index (χ4v) is 8.54. The second-order valence-corrected chi connectivity index (χ2v) is 14.7. The lowest BCUT2D eigenvalue weighted by molar-refractivity contribution is 0.668. The van der Waals surface area contributed by atoms with Gasteiger partial charge in [-0.05, 0) is 74.1 Å². The molecule has 0 saturated carbocycles. The van der Waals surface area contributed by atoms with Gasteiger partial charge in [0.25, 0.3) is 0 Å². The molecule has 58 heavy (non-hydrogen) atoms. The van der Waals surface area contributed by atoms with Gasteiger partial charge < -0.3 is 8.83 Å². The Balaban J connectivity index is 0.980. The number of nitrogens with zero attached hydrogens (tertiary/aromatic N) is 3. The summed E-state index contributed by atoms with van der Waals surface area (Å²) in [6.45, 7) is 0. The molecule has 0 aliphatic carbocycles. The van der Waals surface area contributed by atoms with Crippen LogP contribution in [-0.2, 0) is 0 Å². The molecule has 0 atom stereocenters. The fraction of sp³-hybridized carbons (Fsp3) is 0. The van der Waals surface area contributed by atoms with Gasteiger partial charge in [-0.2, -0.15) is 0 Å². The second-order valence-electron chi connectivity index (χ2n) is 14.7. The molecule has 12 rings (SSSR count). The van der Waals surface area contributed by atoms with Crippen LogP contribution >= 0.6 is 0 Å². The van der Waals surface area contributed by atoms with Gasteiger partial charge >= 0.3 is 0 Å². The highest BCUT2D eigenvalue weighted by Crippen LogP contribution is 2.39. The van der Waals surface area contributed by atoms with Crippen molar-refractivity contribution in [1.29, 1.82) is 0 Å². The summed E-state index contributed by atoms with van der Waals surface area (Å²) < 4.78 is 12.4. The van der Waals surface area contributed by atoms with Gasteiger partial charge in [0.15, 0.2) is 17.5 Å². The number of benzene rings is 9. The number of hydrogen-bond acceptors (Lipinski definition) is 5. The highest BCUT2D eigenvalue weighted by Gasteiger charge is 2.17. The summed E-state index contributed by atoms with van der Waals surface area (Å²) in [5, 5.41) is 9.20. The van der Waals surface area contributed by atoms with Crippen LogP contribution in [0.5, 0.6) is 0 Å². The zero-order valence-corrected chi connectivity index (χ0v) is 31.1. The van der Waals surface area contributed by atoms with E-state index in [0.29, 0.717) is 17.5 Å². The molecule has 3 aromatic heterocycles. The van der Waals surface area contributed by atoms with Gasteiger partial charge in [-0.25, -0.2) is 15.0 Å². The minimum absolute atomic E-state index is 0.607. The number of para-hydroxylation sites is 2. The third kappa shape index (κ3) is 5.21. The molecule has 0 radical (unpaired) electrons. The van der Waals surface area contributed by atoms with Gasteiger partial charge in [-0.3, -0.25) is 0 Å². The third-order valence-corrected chi connectivity index (χ3v) is 11.4. The normalized spacial score (nSPS) is 11.8. The fourth-order valence-electron chi connectivity index (χ4n) is 8.54. The zero-order chi connectivity index (χ0) is 38.2. The number of furan rings is 2. The van der Waals surface area contributed by atoms with Crippen LogP contribution in [0.4, 0.5) is 0 Å². The Morgan fingerprint density at radius 2 is 0.690 bits per heavy atom. The van der Waals surface area contributed by atoms with Gasteiger partial charge in [0.1, 0.15) is 22.3 Å². The topological polar surface area (TPSA) is 65.0 Å². The van der Waals surface area contributed by atoms with E-state index < -0.39 is 0 Å². The Hall–Kier alpha value is -7.89. The van der Waals surface area contributed by atoms with Crippen LogP contribution in [0, 0.1) is 0 Å². The molecule has 12 aromatic rings. The van der Waals surface area contributed by atoms with Crippen LogP contribution in [-0.4, -0.2) is 15.0 Å². The lowest BCUT2D eigenvalue weighted by Crippen LogP contribution is -2.00. The van der Waals surface area contributed by atoms with Crippen molar-refractivity contribution in [2.24, 2.45) is 0 Å². The molecule has 5 heteroatoms. The highest BCUT2D eigenvalue weighted by molar-refractivity contribution is 6.13. The molecule has 3 heterocycles. The molecule has 0 aliphatic rings. The molecule has 0 unspecified atom stereocenters. The van der Waals surface area contributed by atoms with E-state index in [4.69, 9.17) is 23.8 Å². The van der Waals surface area contributed by atoms with Crippen molar-refractivity contribution in [1.82, 2.24) is 15.0 Å². The molecule has 0 spiro atoms. The largest absolute Gasteiger partial charge is 0.456 e. The molecular formula is C53H31N3O2. The maximum absolute atomic E-state index is 6.20. The van der Waals surface area contributed by atoms with Crippen molar-refractivity contribution >= 4 is 65.4 Å². The summed E-state index contributed by atoms with van der Waals surface area (Å²) >= 11 is 0.